The molecule has 1 aromatic carbocycles. The lowest BCUT2D eigenvalue weighted by atomic mass is 10.2. The molecule has 0 aromatic heterocycles. The summed E-state index contributed by atoms with van der Waals surface area (Å²) < 4.78 is 5.14. The number of anilines is 1. The van der Waals surface area contributed by atoms with Crippen LogP contribution in [0, 0.1) is 0 Å². The summed E-state index contributed by atoms with van der Waals surface area (Å²) in [5.41, 5.74) is 1.01. The van der Waals surface area contributed by atoms with Gasteiger partial charge in [0.05, 0.1) is 6.61 Å². The molecule has 0 fully saturated rings. The molecule has 1 rings (SSSR count). The normalized spacial score (nSPS) is 11.1. The van der Waals surface area contributed by atoms with E-state index in [-0.39, 0.29) is 0 Å². The van der Waals surface area contributed by atoms with Gasteiger partial charge in [-0.3, -0.25) is 10.2 Å². The summed E-state index contributed by atoms with van der Waals surface area (Å²) in [5, 5.41) is 2.64. The third-order valence-electron chi connectivity index (χ3n) is 1.82. The van der Waals surface area contributed by atoms with Crippen LogP contribution in [0.4, 0.5) is 10.5 Å². The van der Waals surface area contributed by atoms with Gasteiger partial charge in [0.1, 0.15) is 5.60 Å². The summed E-state index contributed by atoms with van der Waals surface area (Å²) in [5.74, 6) is 4.98. The summed E-state index contributed by atoms with van der Waals surface area (Å²) in [6.07, 6.45) is -0.483. The van der Waals surface area contributed by atoms with Crippen molar-refractivity contribution in [2.45, 2.75) is 33.0 Å². The first-order valence-electron chi connectivity index (χ1n) is 5.31. The first kappa shape index (κ1) is 13.5. The van der Waals surface area contributed by atoms with E-state index in [1.165, 1.54) is 0 Å². The molecule has 0 heterocycles. The van der Waals surface area contributed by atoms with E-state index in [4.69, 9.17) is 10.6 Å². The number of benzene rings is 1. The van der Waals surface area contributed by atoms with E-state index in [2.05, 4.69) is 10.2 Å². The largest absolute Gasteiger partial charge is 0.444 e. The van der Waals surface area contributed by atoms with Crippen LogP contribution in [0.3, 0.4) is 0 Å². The van der Waals surface area contributed by atoms with Crippen LogP contribution in [0.15, 0.2) is 24.3 Å². The first-order chi connectivity index (χ1) is 7.90. The van der Waals surface area contributed by atoms with Crippen molar-refractivity contribution >= 4 is 11.8 Å². The maximum Gasteiger partial charge on any atom is 0.412 e. The van der Waals surface area contributed by atoms with E-state index < -0.39 is 11.7 Å². The third-order valence-corrected chi connectivity index (χ3v) is 1.82. The van der Waals surface area contributed by atoms with Crippen LogP contribution >= 0.6 is 0 Å². The maximum atomic E-state index is 11.5. The molecule has 0 aliphatic rings. The van der Waals surface area contributed by atoms with Gasteiger partial charge in [-0.25, -0.2) is 10.7 Å². The van der Waals surface area contributed by atoms with Crippen molar-refractivity contribution in [3.05, 3.63) is 29.8 Å². The number of carbonyl (C=O) groups is 1. The minimum absolute atomic E-state index is 0.295. The number of hydrogen-bond acceptors (Lipinski definition) is 4. The van der Waals surface area contributed by atoms with E-state index in [0.29, 0.717) is 12.3 Å². The van der Waals surface area contributed by atoms with Gasteiger partial charge in [0.25, 0.3) is 0 Å². The van der Waals surface area contributed by atoms with Crippen LogP contribution in [0.2, 0.25) is 0 Å². The van der Waals surface area contributed by atoms with Gasteiger partial charge in [-0.15, -0.1) is 0 Å². The summed E-state index contributed by atoms with van der Waals surface area (Å²) in [4.78, 5) is 16.0. The lowest BCUT2D eigenvalue weighted by Crippen LogP contribution is -2.27. The fourth-order valence-corrected chi connectivity index (χ4v) is 1.26. The molecule has 0 saturated carbocycles. The summed E-state index contributed by atoms with van der Waals surface area (Å²) in [6.45, 7) is 5.73. The van der Waals surface area contributed by atoms with Crippen LogP contribution < -0.4 is 11.2 Å². The Labute approximate surface area is 101 Å². The van der Waals surface area contributed by atoms with Crippen molar-refractivity contribution < 1.29 is 14.4 Å². The monoisotopic (exact) mass is 238 g/mol. The quantitative estimate of drug-likeness (QED) is 0.793. The molecule has 94 valence electrons. The molecule has 0 spiro atoms. The van der Waals surface area contributed by atoms with Crippen LogP contribution in [0.5, 0.6) is 0 Å². The number of rotatable bonds is 3. The average Bonchev–Trinajstić information content (AvgIpc) is 2.15. The Balaban J connectivity index is 2.62. The maximum absolute atomic E-state index is 11.5. The lowest BCUT2D eigenvalue weighted by Gasteiger charge is -2.19. The summed E-state index contributed by atoms with van der Waals surface area (Å²) in [7, 11) is 0. The Morgan fingerprint density at radius 1 is 1.41 bits per heavy atom. The zero-order chi connectivity index (χ0) is 12.9. The Bertz CT molecular complexity index is 386. The van der Waals surface area contributed by atoms with Gasteiger partial charge in [0.15, 0.2) is 0 Å². The Morgan fingerprint density at radius 2 is 2.12 bits per heavy atom. The van der Waals surface area contributed by atoms with Gasteiger partial charge in [-0.2, -0.15) is 0 Å². The Morgan fingerprint density at radius 3 is 2.71 bits per heavy atom. The molecule has 5 nitrogen and oxygen atoms in total. The SMILES string of the molecule is CC(C)(C)OC(=O)Nc1cccc(CON)c1. The molecule has 5 heteroatoms. The molecule has 1 aromatic rings. The molecular formula is C12H18N2O3. The number of nitrogens with two attached hydrogens (primary N) is 1. The van der Waals surface area contributed by atoms with Crippen molar-refractivity contribution in [1.82, 2.24) is 0 Å². The van der Waals surface area contributed by atoms with Crippen LogP contribution in [0.25, 0.3) is 0 Å². The number of amides is 1. The zero-order valence-corrected chi connectivity index (χ0v) is 10.3. The highest BCUT2D eigenvalue weighted by Gasteiger charge is 2.16. The topological polar surface area (TPSA) is 73.6 Å². The van der Waals surface area contributed by atoms with E-state index in [1.807, 2.05) is 26.8 Å². The number of nitrogens with one attached hydrogen (secondary N) is 1. The second-order valence-corrected chi connectivity index (χ2v) is 4.64. The van der Waals surface area contributed by atoms with E-state index >= 15 is 0 Å². The zero-order valence-electron chi connectivity index (χ0n) is 10.3. The van der Waals surface area contributed by atoms with Crippen LogP contribution in [-0.4, -0.2) is 11.7 Å². The minimum Gasteiger partial charge on any atom is -0.444 e. The van der Waals surface area contributed by atoms with E-state index in [0.717, 1.165) is 5.56 Å². The standard InChI is InChI=1S/C12H18N2O3/c1-12(2,3)17-11(15)14-10-6-4-5-9(7-10)8-16-13/h4-7H,8,13H2,1-3H3,(H,14,15). The second kappa shape index (κ2) is 5.65. The van der Waals surface area contributed by atoms with Crippen molar-refractivity contribution in [2.75, 3.05) is 5.32 Å². The summed E-state index contributed by atoms with van der Waals surface area (Å²) >= 11 is 0. The molecule has 0 aliphatic heterocycles. The fraction of sp³-hybridized carbons (Fsp3) is 0.417. The van der Waals surface area contributed by atoms with Gasteiger partial charge in [-0.05, 0) is 38.5 Å². The predicted octanol–water partition coefficient (Wildman–Crippen LogP) is 2.42. The third kappa shape index (κ3) is 5.33. The molecule has 3 N–H and O–H groups in total. The van der Waals surface area contributed by atoms with Gasteiger partial charge < -0.3 is 4.74 Å². The number of hydrogen-bond donors (Lipinski definition) is 2. The molecular weight excluding hydrogens is 220 g/mol. The fourth-order valence-electron chi connectivity index (χ4n) is 1.26. The lowest BCUT2D eigenvalue weighted by molar-refractivity contribution is 0.0636. The Kier molecular flexibility index (Phi) is 4.48. The molecule has 0 bridgehead atoms. The highest BCUT2D eigenvalue weighted by molar-refractivity contribution is 5.84. The molecule has 1 amide bonds. The first-order valence-corrected chi connectivity index (χ1v) is 5.31. The Hall–Kier alpha value is -1.59. The van der Waals surface area contributed by atoms with Crippen LogP contribution in [0.1, 0.15) is 26.3 Å². The van der Waals surface area contributed by atoms with Crippen molar-refractivity contribution in [1.29, 1.82) is 0 Å². The number of ether oxygens (including phenoxy) is 1. The molecule has 0 unspecified atom stereocenters. The molecule has 0 atom stereocenters. The van der Waals surface area contributed by atoms with Crippen molar-refractivity contribution in [3.8, 4) is 0 Å². The van der Waals surface area contributed by atoms with Crippen LogP contribution in [-0.2, 0) is 16.2 Å². The van der Waals surface area contributed by atoms with Crippen molar-refractivity contribution in [3.63, 3.8) is 0 Å². The number of carbonyl (C=O) groups excluding carboxylic acids is 1. The van der Waals surface area contributed by atoms with Gasteiger partial charge in [-0.1, -0.05) is 12.1 Å². The predicted molar refractivity (Wildman–Crippen MR) is 65.3 cm³/mol. The summed E-state index contributed by atoms with van der Waals surface area (Å²) in [6, 6.07) is 7.20. The molecule has 17 heavy (non-hydrogen) atoms. The van der Waals surface area contributed by atoms with Gasteiger partial charge >= 0.3 is 6.09 Å². The minimum atomic E-state index is -0.512. The van der Waals surface area contributed by atoms with Crippen molar-refractivity contribution in [2.24, 2.45) is 5.90 Å². The van der Waals surface area contributed by atoms with Gasteiger partial charge in [0.2, 0.25) is 0 Å². The molecule has 0 radical (unpaired) electrons. The molecule has 0 saturated heterocycles. The highest BCUT2D eigenvalue weighted by atomic mass is 16.6. The average molecular weight is 238 g/mol. The van der Waals surface area contributed by atoms with Gasteiger partial charge in [0, 0.05) is 5.69 Å². The second-order valence-electron chi connectivity index (χ2n) is 4.64. The molecule has 0 aliphatic carbocycles. The highest BCUT2D eigenvalue weighted by Crippen LogP contribution is 2.13. The van der Waals surface area contributed by atoms with E-state index in [9.17, 15) is 4.79 Å². The smallest absolute Gasteiger partial charge is 0.412 e. The van der Waals surface area contributed by atoms with E-state index in [1.54, 1.807) is 18.2 Å².